The summed E-state index contributed by atoms with van der Waals surface area (Å²) in [7, 11) is 0.286. The molecule has 0 heterocycles. The Morgan fingerprint density at radius 1 is 1.48 bits per heavy atom. The van der Waals surface area contributed by atoms with Gasteiger partial charge in [-0.05, 0) is 70.5 Å². The van der Waals surface area contributed by atoms with Crippen LogP contribution in [0.5, 0.6) is 0 Å². The first-order valence-electron chi connectivity index (χ1n) is 9.32. The van der Waals surface area contributed by atoms with E-state index in [1.165, 1.54) is 36.0 Å². The number of rotatable bonds is 9. The van der Waals surface area contributed by atoms with Crippen LogP contribution in [0.1, 0.15) is 66.7 Å². The van der Waals surface area contributed by atoms with E-state index < -0.39 is 11.7 Å². The van der Waals surface area contributed by atoms with Crippen LogP contribution < -0.4 is 5.11 Å². The van der Waals surface area contributed by atoms with Gasteiger partial charge in [0.15, 0.2) is 0 Å². The fraction of sp³-hybridized carbons (Fsp3) is 0.714. The van der Waals surface area contributed by atoms with Gasteiger partial charge in [0, 0.05) is 15.4 Å². The van der Waals surface area contributed by atoms with E-state index in [2.05, 4.69) is 45.9 Å². The molecule has 0 spiro atoms. The van der Waals surface area contributed by atoms with Gasteiger partial charge in [0.25, 0.3) is 0 Å². The zero-order chi connectivity index (χ0) is 19.1. The fourth-order valence-corrected chi connectivity index (χ4v) is 3.70. The third kappa shape index (κ3) is 7.35. The Bertz CT molecular complexity index is 515. The predicted octanol–water partition coefficient (Wildman–Crippen LogP) is 4.52. The fourth-order valence-electron chi connectivity index (χ4n) is 3.38. The van der Waals surface area contributed by atoms with Crippen molar-refractivity contribution >= 4 is 8.81 Å². The van der Waals surface area contributed by atoms with Gasteiger partial charge < -0.3 is 14.7 Å². The zero-order valence-electron chi connectivity index (χ0n) is 16.8. The summed E-state index contributed by atoms with van der Waals surface area (Å²) in [5.74, 6) is 0. The summed E-state index contributed by atoms with van der Waals surface area (Å²) in [6, 6.07) is 0. The summed E-state index contributed by atoms with van der Waals surface area (Å²) >= 11 is 0. The van der Waals surface area contributed by atoms with Crippen molar-refractivity contribution in [2.45, 2.75) is 78.4 Å². The van der Waals surface area contributed by atoms with Crippen molar-refractivity contribution in [2.75, 3.05) is 13.3 Å². The van der Waals surface area contributed by atoms with Gasteiger partial charge in [-0.1, -0.05) is 49.3 Å². The van der Waals surface area contributed by atoms with E-state index in [4.69, 9.17) is 4.52 Å². The van der Waals surface area contributed by atoms with Crippen molar-refractivity contribution in [3.05, 3.63) is 34.9 Å². The van der Waals surface area contributed by atoms with E-state index in [1.807, 2.05) is 6.66 Å². The van der Waals surface area contributed by atoms with Crippen LogP contribution in [0.2, 0.25) is 0 Å². The Morgan fingerprint density at radius 3 is 2.76 bits per heavy atom. The van der Waals surface area contributed by atoms with Crippen molar-refractivity contribution in [1.82, 2.24) is 0 Å². The summed E-state index contributed by atoms with van der Waals surface area (Å²) in [5.41, 5.74) is 3.14. The predicted molar refractivity (Wildman–Crippen MR) is 107 cm³/mol. The van der Waals surface area contributed by atoms with Crippen LogP contribution in [0, 0.1) is 5.41 Å². The molecule has 1 rings (SSSR count). The molecule has 1 aliphatic carbocycles. The van der Waals surface area contributed by atoms with Crippen molar-refractivity contribution in [3.63, 3.8) is 0 Å². The minimum Gasteiger partial charge on any atom is -0.848 e. The van der Waals surface area contributed by atoms with Gasteiger partial charge in [0.2, 0.25) is 0 Å². The average molecular weight is 367 g/mol. The summed E-state index contributed by atoms with van der Waals surface area (Å²) < 4.78 is 5.17. The van der Waals surface area contributed by atoms with Gasteiger partial charge in [-0.3, -0.25) is 0 Å². The van der Waals surface area contributed by atoms with Crippen molar-refractivity contribution in [1.29, 1.82) is 0 Å². The van der Waals surface area contributed by atoms with Gasteiger partial charge in [-0.25, -0.2) is 0 Å². The molecule has 0 amide bonds. The summed E-state index contributed by atoms with van der Waals surface area (Å²) in [4.78, 5) is 0. The normalized spacial score (nSPS) is 22.8. The van der Waals surface area contributed by atoms with Gasteiger partial charge in [-0.2, -0.15) is 0 Å². The second-order valence-electron chi connectivity index (χ2n) is 8.11. The molecule has 25 heavy (non-hydrogen) atoms. The second-order valence-corrected chi connectivity index (χ2v) is 8.81. The molecule has 1 N–H and O–H groups in total. The maximum atomic E-state index is 12.0. The van der Waals surface area contributed by atoms with Crippen LogP contribution in [-0.2, 0) is 4.52 Å². The summed E-state index contributed by atoms with van der Waals surface area (Å²) in [6.45, 7) is 12.5. The number of hydrogen-bond donors (Lipinski definition) is 1. The topological polar surface area (TPSA) is 52.5 Å². The first-order chi connectivity index (χ1) is 11.6. The molecule has 3 nitrogen and oxygen atoms in total. The zero-order valence-corrected chi connectivity index (χ0v) is 17.8. The quantitative estimate of drug-likeness (QED) is 0.482. The number of aliphatic hydroxyl groups is 1. The van der Waals surface area contributed by atoms with Gasteiger partial charge >= 0.3 is 0 Å². The molecule has 0 saturated carbocycles. The van der Waals surface area contributed by atoms with Crippen molar-refractivity contribution in [2.24, 2.45) is 5.41 Å². The van der Waals surface area contributed by atoms with Crippen LogP contribution >= 0.6 is 8.81 Å². The molecule has 0 bridgehead atoms. The Hall–Kier alpha value is -0.470. The highest BCUT2D eigenvalue weighted by atomic mass is 31.1. The van der Waals surface area contributed by atoms with Crippen LogP contribution in [0.25, 0.3) is 0 Å². The van der Waals surface area contributed by atoms with Gasteiger partial charge in [0.1, 0.15) is 0 Å². The molecule has 1 aliphatic rings. The molecular weight excluding hydrogens is 331 g/mol. The standard InChI is InChI=1S/C21H36O3P/c1-16(9-7-14-21(5,23)19(22)15-24-25-6)11-12-18-17(2)10-8-13-20(18,3)4/h9,11-12,19,23,25H,7-8,10,13-15H2,1-6H3/q-1/b12-11+,16-9+. The van der Waals surface area contributed by atoms with E-state index in [9.17, 15) is 10.2 Å². The van der Waals surface area contributed by atoms with Crippen molar-refractivity contribution < 1.29 is 14.7 Å². The van der Waals surface area contributed by atoms with Crippen LogP contribution in [0.15, 0.2) is 34.9 Å². The number of hydrogen-bond acceptors (Lipinski definition) is 3. The molecular formula is C21H36O3P-. The van der Waals surface area contributed by atoms with Crippen LogP contribution in [0.3, 0.4) is 0 Å². The third-order valence-corrected chi connectivity index (χ3v) is 5.70. The minimum atomic E-state index is -1.23. The first-order valence-corrected chi connectivity index (χ1v) is 10.7. The SMILES string of the molecule is CPOCC([O-])C(C)(O)CC/C=C(C)/C=C/C1=C(C)CCCC1(C)C. The lowest BCUT2D eigenvalue weighted by molar-refractivity contribution is -0.456. The molecule has 4 heteroatoms. The van der Waals surface area contributed by atoms with E-state index in [0.29, 0.717) is 12.8 Å². The monoisotopic (exact) mass is 367 g/mol. The van der Waals surface area contributed by atoms with E-state index in [-0.39, 0.29) is 20.8 Å². The van der Waals surface area contributed by atoms with Crippen LogP contribution in [-0.4, -0.2) is 30.1 Å². The molecule has 0 aromatic heterocycles. The lowest BCUT2D eigenvalue weighted by atomic mass is 9.72. The highest BCUT2D eigenvalue weighted by Crippen LogP contribution is 2.40. The summed E-state index contributed by atoms with van der Waals surface area (Å²) in [6.07, 6.45) is 10.3. The molecule has 0 aliphatic heterocycles. The van der Waals surface area contributed by atoms with E-state index >= 15 is 0 Å². The lowest BCUT2D eigenvalue weighted by Gasteiger charge is -2.37. The molecule has 0 radical (unpaired) electrons. The highest BCUT2D eigenvalue weighted by molar-refractivity contribution is 7.31. The summed E-state index contributed by atoms with van der Waals surface area (Å²) in [5, 5.41) is 22.3. The average Bonchev–Trinajstić information content (AvgIpc) is 2.51. The Balaban J connectivity index is 2.61. The largest absolute Gasteiger partial charge is 0.848 e. The molecule has 3 atom stereocenters. The smallest absolute Gasteiger partial charge is 0.0520 e. The van der Waals surface area contributed by atoms with Crippen molar-refractivity contribution in [3.8, 4) is 0 Å². The Kier molecular flexibility index (Phi) is 9.04. The van der Waals surface area contributed by atoms with E-state index in [1.54, 1.807) is 6.92 Å². The molecule has 0 saturated heterocycles. The minimum absolute atomic E-state index is 0.0764. The van der Waals surface area contributed by atoms with Crippen LogP contribution in [0.4, 0.5) is 0 Å². The molecule has 0 aromatic carbocycles. The lowest BCUT2D eigenvalue weighted by Crippen LogP contribution is -2.50. The Morgan fingerprint density at radius 2 is 2.16 bits per heavy atom. The second kappa shape index (κ2) is 10.0. The molecule has 144 valence electrons. The van der Waals surface area contributed by atoms with Gasteiger partial charge in [0.05, 0.1) is 5.60 Å². The molecule has 3 unspecified atom stereocenters. The highest BCUT2D eigenvalue weighted by Gasteiger charge is 2.26. The molecule has 0 aromatic rings. The van der Waals surface area contributed by atoms with Gasteiger partial charge in [-0.15, -0.1) is 0 Å². The maximum Gasteiger partial charge on any atom is 0.0520 e. The van der Waals surface area contributed by atoms with E-state index in [0.717, 1.165) is 0 Å². The number of allylic oxidation sites excluding steroid dienone is 6. The first kappa shape index (κ1) is 22.6. The third-order valence-electron chi connectivity index (χ3n) is 5.24. The molecule has 0 fully saturated rings. The maximum absolute atomic E-state index is 12.0. The Labute approximate surface area is 156 Å².